The van der Waals surface area contributed by atoms with Crippen LogP contribution in [0.2, 0.25) is 0 Å². The summed E-state index contributed by atoms with van der Waals surface area (Å²) in [5.74, 6) is 0. The van der Waals surface area contributed by atoms with Crippen LogP contribution in [-0.2, 0) is 5.41 Å². The molecule has 0 spiro atoms. The van der Waals surface area contributed by atoms with E-state index in [-0.39, 0.29) is 29.2 Å². The average Bonchev–Trinajstić information content (AvgIpc) is 3.09. The van der Waals surface area contributed by atoms with Crippen molar-refractivity contribution in [3.63, 3.8) is 0 Å². The van der Waals surface area contributed by atoms with E-state index in [4.69, 9.17) is 0 Å². The summed E-state index contributed by atoms with van der Waals surface area (Å²) < 4.78 is 0. The quantitative estimate of drug-likeness (QED) is 0.415. The van der Waals surface area contributed by atoms with Crippen LogP contribution in [0.5, 0.6) is 0 Å². The van der Waals surface area contributed by atoms with E-state index in [2.05, 4.69) is 55.5 Å². The van der Waals surface area contributed by atoms with Crippen LogP contribution in [0.15, 0.2) is 84.9 Å². The van der Waals surface area contributed by atoms with Gasteiger partial charge < -0.3 is 4.90 Å². The Morgan fingerprint density at radius 3 is 2.00 bits per heavy atom. The summed E-state index contributed by atoms with van der Waals surface area (Å²) in [5, 5.41) is 11.0. The highest BCUT2D eigenvalue weighted by Crippen LogP contribution is 2.46. The zero-order chi connectivity index (χ0) is 22.3. The van der Waals surface area contributed by atoms with Crippen LogP contribution in [0.3, 0.4) is 0 Å². The number of benzene rings is 3. The van der Waals surface area contributed by atoms with Crippen LogP contribution in [-0.4, -0.2) is 34.5 Å². The molecule has 2 saturated heterocycles. The number of anilines is 1. The molecule has 2 amide bonds. The third-order valence-corrected chi connectivity index (χ3v) is 7.11. The van der Waals surface area contributed by atoms with Gasteiger partial charge in [0.25, 0.3) is 5.69 Å². The molecular weight excluding hydrogens is 402 g/mol. The molecule has 3 aromatic carbocycles. The maximum absolute atomic E-state index is 13.6. The number of non-ortho nitro benzene ring substituents is 1. The predicted molar refractivity (Wildman–Crippen MR) is 124 cm³/mol. The van der Waals surface area contributed by atoms with Crippen molar-refractivity contribution in [3.8, 4) is 0 Å². The molecule has 2 aliphatic heterocycles. The second kappa shape index (κ2) is 7.79. The zero-order valence-corrected chi connectivity index (χ0v) is 17.9. The van der Waals surface area contributed by atoms with E-state index < -0.39 is 4.92 Å². The van der Waals surface area contributed by atoms with Gasteiger partial charge in [-0.1, -0.05) is 60.7 Å². The number of nitro benzene ring substituents is 1. The number of amides is 2. The second-order valence-corrected chi connectivity index (χ2v) is 8.71. The largest absolute Gasteiger partial charge is 0.325 e. The minimum absolute atomic E-state index is 0.00602. The lowest BCUT2D eigenvalue weighted by Gasteiger charge is -2.45. The number of hydrogen-bond acceptors (Lipinski definition) is 3. The monoisotopic (exact) mass is 427 g/mol. The van der Waals surface area contributed by atoms with E-state index in [1.807, 2.05) is 17.0 Å². The molecule has 6 nitrogen and oxygen atoms in total. The van der Waals surface area contributed by atoms with E-state index in [1.165, 1.54) is 23.3 Å². The first-order valence-electron chi connectivity index (χ1n) is 11.0. The summed E-state index contributed by atoms with van der Waals surface area (Å²) in [6, 6.07) is 27.3. The maximum atomic E-state index is 13.6. The van der Waals surface area contributed by atoms with E-state index >= 15 is 0 Å². The van der Waals surface area contributed by atoms with E-state index in [0.717, 1.165) is 12.8 Å². The Morgan fingerprint density at radius 2 is 1.47 bits per heavy atom. The molecule has 162 valence electrons. The third-order valence-electron chi connectivity index (χ3n) is 7.11. The number of carbonyl (C=O) groups excluding carboxylic acids is 1. The van der Waals surface area contributed by atoms with Crippen molar-refractivity contribution in [1.82, 2.24) is 4.90 Å². The Labute approximate surface area is 187 Å². The molecule has 32 heavy (non-hydrogen) atoms. The molecule has 2 atom stereocenters. The summed E-state index contributed by atoms with van der Waals surface area (Å²) in [7, 11) is 0. The first kappa shape index (κ1) is 20.2. The molecule has 6 heteroatoms. The molecule has 0 unspecified atom stereocenters. The SMILES string of the molecule is C[C@H]1[C@@H]2CCC(c3ccccc3)(c3ccccc3)CN2C(=O)N1c1ccc([N+](=O)[O-])cc1. The Bertz CT molecular complexity index is 1090. The Morgan fingerprint density at radius 1 is 0.906 bits per heavy atom. The maximum Gasteiger partial charge on any atom is 0.325 e. The minimum atomic E-state index is -0.420. The molecule has 0 saturated carbocycles. The topological polar surface area (TPSA) is 66.7 Å². The van der Waals surface area contributed by atoms with Gasteiger partial charge in [0.2, 0.25) is 0 Å². The fourth-order valence-corrected chi connectivity index (χ4v) is 5.47. The predicted octanol–water partition coefficient (Wildman–Crippen LogP) is 5.37. The summed E-state index contributed by atoms with van der Waals surface area (Å²) in [6.45, 7) is 2.68. The van der Waals surface area contributed by atoms with Gasteiger partial charge in [-0.15, -0.1) is 0 Å². The number of nitrogens with zero attached hydrogens (tertiary/aromatic N) is 3. The van der Waals surface area contributed by atoms with Crippen molar-refractivity contribution in [1.29, 1.82) is 0 Å². The molecule has 5 rings (SSSR count). The van der Waals surface area contributed by atoms with Gasteiger partial charge in [0.15, 0.2) is 0 Å². The smallest absolute Gasteiger partial charge is 0.318 e. The zero-order valence-electron chi connectivity index (χ0n) is 17.9. The molecule has 2 fully saturated rings. The van der Waals surface area contributed by atoms with Crippen molar-refractivity contribution in [2.45, 2.75) is 37.3 Å². The van der Waals surface area contributed by atoms with Gasteiger partial charge in [0, 0.05) is 29.8 Å². The number of rotatable bonds is 4. The molecular formula is C26H25N3O3. The van der Waals surface area contributed by atoms with Gasteiger partial charge in [-0.05, 0) is 43.0 Å². The highest BCUT2D eigenvalue weighted by atomic mass is 16.6. The van der Waals surface area contributed by atoms with Crippen LogP contribution < -0.4 is 4.90 Å². The molecule has 0 N–H and O–H groups in total. The Balaban J connectivity index is 1.52. The van der Waals surface area contributed by atoms with Gasteiger partial charge in [-0.3, -0.25) is 15.0 Å². The number of hydrogen-bond donors (Lipinski definition) is 0. The van der Waals surface area contributed by atoms with Crippen molar-refractivity contribution < 1.29 is 9.72 Å². The van der Waals surface area contributed by atoms with Crippen molar-refractivity contribution in [2.24, 2.45) is 0 Å². The molecule has 0 aromatic heterocycles. The molecule has 0 aliphatic carbocycles. The van der Waals surface area contributed by atoms with E-state index in [9.17, 15) is 14.9 Å². The lowest BCUT2D eigenvalue weighted by molar-refractivity contribution is -0.384. The van der Waals surface area contributed by atoms with Crippen LogP contribution in [0, 0.1) is 10.1 Å². The van der Waals surface area contributed by atoms with Gasteiger partial charge in [0.1, 0.15) is 0 Å². The third kappa shape index (κ3) is 3.14. The van der Waals surface area contributed by atoms with Crippen molar-refractivity contribution >= 4 is 17.4 Å². The first-order valence-corrected chi connectivity index (χ1v) is 11.0. The van der Waals surface area contributed by atoms with Gasteiger partial charge in [-0.25, -0.2) is 4.79 Å². The van der Waals surface area contributed by atoms with Crippen molar-refractivity contribution in [3.05, 3.63) is 106 Å². The summed E-state index contributed by atoms with van der Waals surface area (Å²) in [6.07, 6.45) is 1.84. The molecule has 3 aromatic rings. The number of nitro groups is 1. The molecule has 0 radical (unpaired) electrons. The fraction of sp³-hybridized carbons (Fsp3) is 0.269. The summed E-state index contributed by atoms with van der Waals surface area (Å²) >= 11 is 0. The second-order valence-electron chi connectivity index (χ2n) is 8.71. The molecule has 2 aliphatic rings. The number of fused-ring (bicyclic) bond motifs is 1. The molecule has 0 bridgehead atoms. The fourth-order valence-electron chi connectivity index (χ4n) is 5.47. The van der Waals surface area contributed by atoms with Gasteiger partial charge in [0.05, 0.1) is 17.0 Å². The van der Waals surface area contributed by atoms with Crippen LogP contribution >= 0.6 is 0 Å². The Kier molecular flexibility index (Phi) is 4.93. The molecule has 2 heterocycles. The van der Waals surface area contributed by atoms with Gasteiger partial charge >= 0.3 is 6.03 Å². The van der Waals surface area contributed by atoms with Crippen LogP contribution in [0.25, 0.3) is 0 Å². The van der Waals surface area contributed by atoms with E-state index in [0.29, 0.717) is 12.2 Å². The summed E-state index contributed by atoms with van der Waals surface area (Å²) in [4.78, 5) is 28.0. The number of carbonyl (C=O) groups is 1. The number of urea groups is 1. The van der Waals surface area contributed by atoms with Crippen LogP contribution in [0.4, 0.5) is 16.2 Å². The highest BCUT2D eigenvalue weighted by molar-refractivity contribution is 5.96. The average molecular weight is 428 g/mol. The standard InChI is InChI=1S/C26H25N3O3/c1-19-24-16-17-26(20-8-4-2-5-9-20,21-10-6-3-7-11-21)18-27(24)25(30)28(19)22-12-14-23(15-13-22)29(31)32/h2-15,19,24H,16-18H2,1H3/t19-,24-/m0/s1. The number of piperidine rings is 1. The lowest BCUT2D eigenvalue weighted by Crippen LogP contribution is -2.51. The first-order chi connectivity index (χ1) is 15.5. The normalized spacial score (nSPS) is 22.0. The summed E-state index contributed by atoms with van der Waals surface area (Å²) in [5.41, 5.74) is 2.91. The van der Waals surface area contributed by atoms with Gasteiger partial charge in [-0.2, -0.15) is 0 Å². The highest BCUT2D eigenvalue weighted by Gasteiger charge is 2.52. The van der Waals surface area contributed by atoms with Crippen LogP contribution in [0.1, 0.15) is 30.9 Å². The van der Waals surface area contributed by atoms with Crippen molar-refractivity contribution in [2.75, 3.05) is 11.4 Å². The Hall–Kier alpha value is -3.67. The van der Waals surface area contributed by atoms with E-state index in [1.54, 1.807) is 17.0 Å². The lowest BCUT2D eigenvalue weighted by atomic mass is 9.68. The minimum Gasteiger partial charge on any atom is -0.318 e.